The maximum Gasteiger partial charge on any atom is 0.259 e. The Kier molecular flexibility index (Phi) is 2.94. The highest BCUT2D eigenvalue weighted by molar-refractivity contribution is 7.89. The van der Waals surface area contributed by atoms with Crippen LogP contribution in [0.15, 0.2) is 17.4 Å². The second-order valence-corrected chi connectivity index (χ2v) is 4.13. The van der Waals surface area contributed by atoms with Crippen LogP contribution in [0.4, 0.5) is 0 Å². The van der Waals surface area contributed by atoms with Crippen LogP contribution in [0.3, 0.4) is 0 Å². The van der Waals surface area contributed by atoms with Gasteiger partial charge >= 0.3 is 0 Å². The quantitative estimate of drug-likeness (QED) is 0.752. The molecule has 1 aromatic heterocycles. The molecule has 0 saturated heterocycles. The molecular weight excluding hydrogens is 190 g/mol. The molecule has 0 aliphatic rings. The summed E-state index contributed by atoms with van der Waals surface area (Å²) in [6.07, 6.45) is 2.82. The lowest BCUT2D eigenvalue weighted by Crippen LogP contribution is -2.25. The molecule has 0 fully saturated rings. The Labute approximate surface area is 77.3 Å². The molecule has 0 aliphatic heterocycles. The van der Waals surface area contributed by atoms with Crippen LogP contribution >= 0.6 is 0 Å². The highest BCUT2D eigenvalue weighted by Crippen LogP contribution is 2.06. The van der Waals surface area contributed by atoms with E-state index < -0.39 is 10.0 Å². The van der Waals surface area contributed by atoms with Crippen LogP contribution < -0.4 is 4.72 Å². The topological polar surface area (TPSA) is 72.0 Å². The second-order valence-electron chi connectivity index (χ2n) is 2.45. The Morgan fingerprint density at radius 3 is 2.54 bits per heavy atom. The lowest BCUT2D eigenvalue weighted by atomic mass is 10.5. The van der Waals surface area contributed by atoms with Crippen LogP contribution in [0.2, 0.25) is 0 Å². The molecule has 0 bridgehead atoms. The summed E-state index contributed by atoms with van der Waals surface area (Å²) in [5, 5.41) is -0.00292. The van der Waals surface area contributed by atoms with Crippen molar-refractivity contribution >= 4 is 10.0 Å². The van der Waals surface area contributed by atoms with Gasteiger partial charge in [0.05, 0.1) is 5.69 Å². The minimum Gasteiger partial charge on any atom is -0.257 e. The Bertz CT molecular complexity index is 388. The summed E-state index contributed by atoms with van der Waals surface area (Å²) in [6, 6.07) is 0. The van der Waals surface area contributed by atoms with Gasteiger partial charge < -0.3 is 0 Å². The third-order valence-corrected chi connectivity index (χ3v) is 3.00. The summed E-state index contributed by atoms with van der Waals surface area (Å²) in [7, 11) is -3.46. The lowest BCUT2D eigenvalue weighted by Gasteiger charge is -2.04. The van der Waals surface area contributed by atoms with Crippen molar-refractivity contribution in [3.8, 4) is 0 Å². The van der Waals surface area contributed by atoms with E-state index in [1.165, 1.54) is 12.4 Å². The largest absolute Gasteiger partial charge is 0.259 e. The number of rotatable bonds is 3. The van der Waals surface area contributed by atoms with Crippen LogP contribution in [-0.2, 0) is 10.0 Å². The fourth-order valence-corrected chi connectivity index (χ4v) is 2.08. The van der Waals surface area contributed by atoms with E-state index >= 15 is 0 Å². The summed E-state index contributed by atoms with van der Waals surface area (Å²) in [4.78, 5) is 7.60. The molecule has 5 nitrogen and oxygen atoms in total. The molecule has 0 unspecified atom stereocenters. The molecule has 1 heterocycles. The van der Waals surface area contributed by atoms with E-state index in [2.05, 4.69) is 14.7 Å². The van der Waals surface area contributed by atoms with Crippen molar-refractivity contribution in [1.82, 2.24) is 14.7 Å². The van der Waals surface area contributed by atoms with Gasteiger partial charge in [0.25, 0.3) is 10.0 Å². The zero-order valence-corrected chi connectivity index (χ0v) is 8.30. The van der Waals surface area contributed by atoms with Crippen LogP contribution in [0.25, 0.3) is 0 Å². The van der Waals surface area contributed by atoms with Gasteiger partial charge in [-0.15, -0.1) is 0 Å². The van der Waals surface area contributed by atoms with E-state index in [9.17, 15) is 8.42 Å². The van der Waals surface area contributed by atoms with Gasteiger partial charge in [0.2, 0.25) is 0 Å². The third-order valence-electron chi connectivity index (χ3n) is 1.43. The molecule has 1 N–H and O–H groups in total. The van der Waals surface area contributed by atoms with Gasteiger partial charge in [-0.3, -0.25) is 4.98 Å². The highest BCUT2D eigenvalue weighted by atomic mass is 32.2. The number of sulfonamides is 1. The van der Waals surface area contributed by atoms with Crippen molar-refractivity contribution in [3.05, 3.63) is 18.1 Å². The predicted molar refractivity (Wildman–Crippen MR) is 47.6 cm³/mol. The van der Waals surface area contributed by atoms with Gasteiger partial charge in [-0.25, -0.2) is 18.1 Å². The van der Waals surface area contributed by atoms with Crippen LogP contribution in [0.1, 0.15) is 12.6 Å². The monoisotopic (exact) mass is 201 g/mol. The Balaban J connectivity index is 3.15. The third kappa shape index (κ3) is 2.22. The molecule has 0 saturated carbocycles. The first kappa shape index (κ1) is 10.1. The highest BCUT2D eigenvalue weighted by Gasteiger charge is 2.16. The Morgan fingerprint density at radius 1 is 1.38 bits per heavy atom. The first-order valence-electron chi connectivity index (χ1n) is 3.85. The maximum absolute atomic E-state index is 11.4. The van der Waals surface area contributed by atoms with Gasteiger partial charge in [0, 0.05) is 18.9 Å². The second kappa shape index (κ2) is 3.80. The molecule has 72 valence electrons. The van der Waals surface area contributed by atoms with Crippen molar-refractivity contribution in [2.24, 2.45) is 0 Å². The smallest absolute Gasteiger partial charge is 0.257 e. The summed E-state index contributed by atoms with van der Waals surface area (Å²) in [5.41, 5.74) is 0.406. The lowest BCUT2D eigenvalue weighted by molar-refractivity contribution is 0.578. The van der Waals surface area contributed by atoms with Crippen molar-refractivity contribution in [2.75, 3.05) is 6.54 Å². The zero-order chi connectivity index (χ0) is 9.90. The molecule has 6 heteroatoms. The van der Waals surface area contributed by atoms with Gasteiger partial charge in [0.1, 0.15) is 0 Å². The van der Waals surface area contributed by atoms with Gasteiger partial charge in [-0.05, 0) is 6.92 Å². The van der Waals surface area contributed by atoms with Gasteiger partial charge in [-0.1, -0.05) is 6.92 Å². The summed E-state index contributed by atoms with van der Waals surface area (Å²) < 4.78 is 25.2. The molecule has 1 rings (SSSR count). The number of aryl methyl sites for hydroxylation is 1. The van der Waals surface area contributed by atoms with Crippen molar-refractivity contribution in [1.29, 1.82) is 0 Å². The first-order valence-corrected chi connectivity index (χ1v) is 5.33. The number of nitrogens with one attached hydrogen (secondary N) is 1. The predicted octanol–water partition coefficient (Wildman–Crippen LogP) is 0.0832. The SMILES string of the molecule is CCNS(=O)(=O)c1nccnc1C. The Morgan fingerprint density at radius 2 is 2.00 bits per heavy atom. The van der Waals surface area contributed by atoms with E-state index in [-0.39, 0.29) is 5.03 Å². The van der Waals surface area contributed by atoms with Crippen LogP contribution in [0, 0.1) is 6.92 Å². The molecule has 1 aromatic rings. The van der Waals surface area contributed by atoms with Gasteiger partial charge in [0.15, 0.2) is 5.03 Å². The molecule has 0 aromatic carbocycles. The van der Waals surface area contributed by atoms with Crippen LogP contribution in [0.5, 0.6) is 0 Å². The number of hydrogen-bond donors (Lipinski definition) is 1. The fourth-order valence-electron chi connectivity index (χ4n) is 0.917. The van der Waals surface area contributed by atoms with E-state index in [1.54, 1.807) is 13.8 Å². The zero-order valence-electron chi connectivity index (χ0n) is 7.48. The standard InChI is InChI=1S/C7H11N3O2S/c1-3-10-13(11,12)7-6(2)8-4-5-9-7/h4-5,10H,3H2,1-2H3. The van der Waals surface area contributed by atoms with Crippen molar-refractivity contribution < 1.29 is 8.42 Å². The Hall–Kier alpha value is -1.01. The number of hydrogen-bond acceptors (Lipinski definition) is 4. The molecule has 13 heavy (non-hydrogen) atoms. The minimum absolute atomic E-state index is 0.00292. The first-order chi connectivity index (χ1) is 6.08. The molecule has 0 amide bonds. The number of nitrogens with zero attached hydrogens (tertiary/aromatic N) is 2. The average Bonchev–Trinajstić information content (AvgIpc) is 2.04. The normalized spacial score (nSPS) is 11.5. The molecular formula is C7H11N3O2S. The van der Waals surface area contributed by atoms with E-state index in [0.29, 0.717) is 12.2 Å². The van der Waals surface area contributed by atoms with Crippen LogP contribution in [-0.4, -0.2) is 24.9 Å². The fraction of sp³-hybridized carbons (Fsp3) is 0.429. The molecule has 0 aliphatic carbocycles. The minimum atomic E-state index is -3.46. The average molecular weight is 201 g/mol. The summed E-state index contributed by atoms with van der Waals surface area (Å²) in [6.45, 7) is 3.67. The number of aromatic nitrogens is 2. The molecule has 0 spiro atoms. The van der Waals surface area contributed by atoms with E-state index in [0.717, 1.165) is 0 Å². The maximum atomic E-state index is 11.4. The van der Waals surface area contributed by atoms with E-state index in [1.807, 2.05) is 0 Å². The van der Waals surface area contributed by atoms with Gasteiger partial charge in [-0.2, -0.15) is 0 Å². The summed E-state index contributed by atoms with van der Waals surface area (Å²) in [5.74, 6) is 0. The summed E-state index contributed by atoms with van der Waals surface area (Å²) >= 11 is 0. The molecule has 0 radical (unpaired) electrons. The van der Waals surface area contributed by atoms with E-state index in [4.69, 9.17) is 0 Å². The van der Waals surface area contributed by atoms with Crippen molar-refractivity contribution in [2.45, 2.75) is 18.9 Å². The van der Waals surface area contributed by atoms with Crippen molar-refractivity contribution in [3.63, 3.8) is 0 Å². The molecule has 0 atom stereocenters.